The maximum atomic E-state index is 11.5. The molecule has 2 N–H and O–H groups in total. The molecule has 0 saturated heterocycles. The summed E-state index contributed by atoms with van der Waals surface area (Å²) in [5.41, 5.74) is 3.88. The van der Waals surface area contributed by atoms with Gasteiger partial charge in [0, 0.05) is 24.7 Å². The van der Waals surface area contributed by atoms with Crippen molar-refractivity contribution in [3.63, 3.8) is 0 Å². The van der Waals surface area contributed by atoms with Gasteiger partial charge in [0.1, 0.15) is 0 Å². The third kappa shape index (κ3) is 6.08. The van der Waals surface area contributed by atoms with Crippen molar-refractivity contribution in [1.82, 2.24) is 15.7 Å². The molecule has 0 saturated carbocycles. The van der Waals surface area contributed by atoms with Crippen molar-refractivity contribution in [2.75, 3.05) is 0 Å². The fourth-order valence-corrected chi connectivity index (χ4v) is 1.45. The van der Waals surface area contributed by atoms with E-state index in [9.17, 15) is 9.59 Å². The summed E-state index contributed by atoms with van der Waals surface area (Å²) in [4.78, 5) is 26.9. The van der Waals surface area contributed by atoms with Crippen LogP contribution in [0.25, 0.3) is 0 Å². The van der Waals surface area contributed by atoms with E-state index in [-0.39, 0.29) is 6.54 Å². The first-order valence-corrected chi connectivity index (χ1v) is 6.63. The molecule has 0 atom stereocenters. The summed E-state index contributed by atoms with van der Waals surface area (Å²) >= 11 is 0. The molecular weight excluding hydrogens is 256 g/mol. The van der Waals surface area contributed by atoms with Crippen molar-refractivity contribution in [2.45, 2.75) is 39.7 Å². The van der Waals surface area contributed by atoms with Crippen LogP contribution in [0, 0.1) is 0 Å². The Morgan fingerprint density at radius 3 is 2.80 bits per heavy atom. The second-order valence-electron chi connectivity index (χ2n) is 4.44. The first-order chi connectivity index (χ1) is 9.63. The molecule has 108 valence electrons. The highest BCUT2D eigenvalue weighted by Crippen LogP contribution is 1.96. The van der Waals surface area contributed by atoms with E-state index < -0.39 is 11.8 Å². The lowest BCUT2D eigenvalue weighted by molar-refractivity contribution is -0.139. The largest absolute Gasteiger partial charge is 0.344 e. The van der Waals surface area contributed by atoms with E-state index in [1.54, 1.807) is 18.5 Å². The van der Waals surface area contributed by atoms with Gasteiger partial charge >= 0.3 is 11.8 Å². The molecule has 0 aliphatic rings. The summed E-state index contributed by atoms with van der Waals surface area (Å²) < 4.78 is 0. The molecule has 0 unspecified atom stereocenters. The number of nitrogens with zero attached hydrogens (tertiary/aromatic N) is 2. The average Bonchev–Trinajstić information content (AvgIpc) is 2.49. The fourth-order valence-electron chi connectivity index (χ4n) is 1.45. The van der Waals surface area contributed by atoms with Crippen LogP contribution >= 0.6 is 0 Å². The van der Waals surface area contributed by atoms with Crippen molar-refractivity contribution in [1.29, 1.82) is 0 Å². The van der Waals surface area contributed by atoms with E-state index in [0.29, 0.717) is 0 Å². The quantitative estimate of drug-likeness (QED) is 0.468. The summed E-state index contributed by atoms with van der Waals surface area (Å²) in [6.07, 6.45) is 6.16. The number of carbonyl (C=O) groups excluding carboxylic acids is 2. The average molecular weight is 276 g/mol. The molecular formula is C14H20N4O2. The van der Waals surface area contributed by atoms with Crippen LogP contribution in [0.5, 0.6) is 0 Å². The molecule has 0 radical (unpaired) electrons. The van der Waals surface area contributed by atoms with Crippen molar-refractivity contribution in [2.24, 2.45) is 5.10 Å². The van der Waals surface area contributed by atoms with E-state index in [0.717, 1.165) is 30.5 Å². The Balaban J connectivity index is 2.34. The number of amides is 2. The third-order valence-electron chi connectivity index (χ3n) is 2.62. The van der Waals surface area contributed by atoms with Gasteiger partial charge in [-0.2, -0.15) is 5.10 Å². The number of hydrogen-bond acceptors (Lipinski definition) is 4. The normalized spacial score (nSPS) is 11.0. The van der Waals surface area contributed by atoms with Crippen LogP contribution < -0.4 is 10.7 Å². The SMILES string of the molecule is CCCC/C(C)=N/NC(=O)C(=O)NCc1cccnc1. The van der Waals surface area contributed by atoms with Crippen molar-refractivity contribution < 1.29 is 9.59 Å². The summed E-state index contributed by atoms with van der Waals surface area (Å²) in [5, 5.41) is 6.39. The topological polar surface area (TPSA) is 83.5 Å². The minimum absolute atomic E-state index is 0.263. The zero-order chi connectivity index (χ0) is 14.8. The maximum Gasteiger partial charge on any atom is 0.329 e. The number of unbranched alkanes of at least 4 members (excludes halogenated alkanes) is 1. The molecule has 0 aliphatic heterocycles. The first-order valence-electron chi connectivity index (χ1n) is 6.63. The van der Waals surface area contributed by atoms with Gasteiger partial charge in [-0.3, -0.25) is 14.6 Å². The van der Waals surface area contributed by atoms with Crippen LogP contribution in [0.3, 0.4) is 0 Å². The Bertz CT molecular complexity index is 471. The van der Waals surface area contributed by atoms with Gasteiger partial charge in [-0.25, -0.2) is 5.43 Å². The highest BCUT2D eigenvalue weighted by atomic mass is 16.2. The Labute approximate surface area is 118 Å². The van der Waals surface area contributed by atoms with Gasteiger partial charge < -0.3 is 5.32 Å². The van der Waals surface area contributed by atoms with Crippen LogP contribution in [0.1, 0.15) is 38.7 Å². The van der Waals surface area contributed by atoms with Gasteiger partial charge in [0.2, 0.25) is 0 Å². The molecule has 0 aromatic carbocycles. The Morgan fingerprint density at radius 2 is 2.15 bits per heavy atom. The lowest BCUT2D eigenvalue weighted by Crippen LogP contribution is -2.37. The van der Waals surface area contributed by atoms with Gasteiger partial charge in [-0.1, -0.05) is 19.4 Å². The smallest absolute Gasteiger partial charge is 0.329 e. The second kappa shape index (κ2) is 8.79. The molecule has 1 aromatic rings. The van der Waals surface area contributed by atoms with Gasteiger partial charge in [-0.05, 0) is 31.4 Å². The molecule has 6 nitrogen and oxygen atoms in total. The Hall–Kier alpha value is -2.24. The highest BCUT2D eigenvalue weighted by molar-refractivity contribution is 6.35. The summed E-state index contributed by atoms with van der Waals surface area (Å²) in [6, 6.07) is 3.58. The van der Waals surface area contributed by atoms with E-state index in [2.05, 4.69) is 27.8 Å². The van der Waals surface area contributed by atoms with Crippen LogP contribution in [0.4, 0.5) is 0 Å². The maximum absolute atomic E-state index is 11.5. The van der Waals surface area contributed by atoms with Gasteiger partial charge in [0.05, 0.1) is 0 Å². The third-order valence-corrected chi connectivity index (χ3v) is 2.62. The van der Waals surface area contributed by atoms with E-state index in [4.69, 9.17) is 0 Å². The van der Waals surface area contributed by atoms with Crippen LogP contribution in [0.2, 0.25) is 0 Å². The lowest BCUT2D eigenvalue weighted by atomic mass is 10.2. The minimum Gasteiger partial charge on any atom is -0.344 e. The van der Waals surface area contributed by atoms with Crippen LogP contribution in [0.15, 0.2) is 29.6 Å². The Kier molecular flexibility index (Phi) is 6.95. The zero-order valence-corrected chi connectivity index (χ0v) is 11.8. The molecule has 1 aromatic heterocycles. The number of pyridine rings is 1. The molecule has 0 aliphatic carbocycles. The van der Waals surface area contributed by atoms with Crippen LogP contribution in [-0.4, -0.2) is 22.5 Å². The number of nitrogens with one attached hydrogen (secondary N) is 2. The molecule has 6 heteroatoms. The van der Waals surface area contributed by atoms with Gasteiger partial charge in [-0.15, -0.1) is 0 Å². The van der Waals surface area contributed by atoms with Crippen molar-refractivity contribution in [3.05, 3.63) is 30.1 Å². The lowest BCUT2D eigenvalue weighted by Gasteiger charge is -2.04. The molecule has 20 heavy (non-hydrogen) atoms. The summed E-state index contributed by atoms with van der Waals surface area (Å²) in [5.74, 6) is -1.47. The number of aromatic nitrogens is 1. The van der Waals surface area contributed by atoms with Crippen molar-refractivity contribution >= 4 is 17.5 Å². The standard InChI is InChI=1S/C14H20N4O2/c1-3-4-6-11(2)17-18-14(20)13(19)16-10-12-7-5-8-15-9-12/h5,7-9H,3-4,6,10H2,1-2H3,(H,16,19)(H,18,20)/b17-11+. The molecule has 0 spiro atoms. The van der Waals surface area contributed by atoms with E-state index >= 15 is 0 Å². The minimum atomic E-state index is -0.760. The van der Waals surface area contributed by atoms with Gasteiger partial charge in [0.25, 0.3) is 0 Å². The predicted octanol–water partition coefficient (Wildman–Crippen LogP) is 1.38. The zero-order valence-electron chi connectivity index (χ0n) is 11.8. The second-order valence-corrected chi connectivity index (χ2v) is 4.44. The monoisotopic (exact) mass is 276 g/mol. The highest BCUT2D eigenvalue weighted by Gasteiger charge is 2.12. The number of carbonyl (C=O) groups is 2. The predicted molar refractivity (Wildman–Crippen MR) is 76.9 cm³/mol. The first kappa shape index (κ1) is 15.8. The van der Waals surface area contributed by atoms with Gasteiger partial charge in [0.15, 0.2) is 0 Å². The molecule has 2 amide bonds. The van der Waals surface area contributed by atoms with E-state index in [1.807, 2.05) is 13.0 Å². The molecule has 0 fully saturated rings. The fraction of sp³-hybridized carbons (Fsp3) is 0.429. The van der Waals surface area contributed by atoms with Crippen molar-refractivity contribution in [3.8, 4) is 0 Å². The number of hydrazone groups is 1. The molecule has 0 bridgehead atoms. The number of hydrogen-bond donors (Lipinski definition) is 2. The summed E-state index contributed by atoms with van der Waals surface area (Å²) in [6.45, 7) is 4.17. The molecule has 1 heterocycles. The van der Waals surface area contributed by atoms with Crippen LogP contribution in [-0.2, 0) is 16.1 Å². The Morgan fingerprint density at radius 1 is 1.35 bits per heavy atom. The summed E-state index contributed by atoms with van der Waals surface area (Å²) in [7, 11) is 0. The molecule has 1 rings (SSSR count). The van der Waals surface area contributed by atoms with E-state index in [1.165, 1.54) is 0 Å². The number of rotatable bonds is 6.